The molecule has 0 aromatic carbocycles. The molecule has 10 heavy (non-hydrogen) atoms. The maximum atomic E-state index is 9.83. The number of carbonyl (C=O) groups excluding carboxylic acids is 1. The van der Waals surface area contributed by atoms with Gasteiger partial charge in [0.2, 0.25) is 12.4 Å². The third kappa shape index (κ3) is 1.22. The van der Waals surface area contributed by atoms with E-state index in [2.05, 4.69) is 4.99 Å². The van der Waals surface area contributed by atoms with E-state index >= 15 is 0 Å². The number of aromatic nitrogens is 1. The largest absolute Gasteiger partial charge is 0.369 e. The molecule has 4 nitrogen and oxygen atoms in total. The van der Waals surface area contributed by atoms with Crippen molar-refractivity contribution in [1.82, 2.24) is 4.57 Å². The Kier molecular flexibility index (Phi) is 1.84. The normalized spacial score (nSPS) is 11.4. The van der Waals surface area contributed by atoms with Gasteiger partial charge >= 0.3 is 0 Å². The second kappa shape index (κ2) is 2.82. The first-order valence-electron chi connectivity index (χ1n) is 2.75. The Morgan fingerprint density at radius 3 is 2.60 bits per heavy atom. The van der Waals surface area contributed by atoms with Gasteiger partial charge < -0.3 is 5.73 Å². The van der Waals surface area contributed by atoms with Gasteiger partial charge in [-0.3, -0.25) is 9.36 Å². The van der Waals surface area contributed by atoms with E-state index in [0.29, 0.717) is 6.41 Å². The molecule has 0 spiro atoms. The van der Waals surface area contributed by atoms with Crippen LogP contribution in [0.1, 0.15) is 0 Å². The predicted molar refractivity (Wildman–Crippen MR) is 37.5 cm³/mol. The Labute approximate surface area is 58.0 Å². The number of hydrogen-bond acceptors (Lipinski definition) is 1. The molecule has 0 bridgehead atoms. The average molecular weight is 137 g/mol. The zero-order chi connectivity index (χ0) is 7.40. The van der Waals surface area contributed by atoms with Crippen LogP contribution in [0.4, 0.5) is 0 Å². The molecule has 0 aliphatic heterocycles. The number of rotatable bonds is 1. The molecule has 1 aromatic rings. The second-order valence-corrected chi connectivity index (χ2v) is 1.68. The van der Waals surface area contributed by atoms with Crippen LogP contribution in [0.5, 0.6) is 0 Å². The van der Waals surface area contributed by atoms with Crippen LogP contribution in [-0.4, -0.2) is 16.9 Å². The Bertz CT molecular complexity index is 238. The van der Waals surface area contributed by atoms with Crippen LogP contribution < -0.4 is 5.73 Å². The molecule has 1 amide bonds. The van der Waals surface area contributed by atoms with Crippen LogP contribution in [0.15, 0.2) is 29.5 Å². The molecule has 1 aromatic heterocycles. The highest BCUT2D eigenvalue weighted by Crippen LogP contribution is 1.86. The van der Waals surface area contributed by atoms with E-state index in [1.165, 1.54) is 0 Å². The molecular formula is C6H7N3O. The molecule has 0 unspecified atom stereocenters. The quantitative estimate of drug-likeness (QED) is 0.331. The van der Waals surface area contributed by atoms with Gasteiger partial charge in [-0.1, -0.05) is 0 Å². The van der Waals surface area contributed by atoms with Gasteiger partial charge in [-0.2, -0.15) is 4.99 Å². The lowest BCUT2D eigenvalue weighted by Crippen LogP contribution is -2.20. The van der Waals surface area contributed by atoms with E-state index < -0.39 is 0 Å². The fourth-order valence-electron chi connectivity index (χ4n) is 0.608. The highest BCUT2D eigenvalue weighted by molar-refractivity contribution is 5.86. The number of nitrogens with zero attached hydrogens (tertiary/aromatic N) is 2. The molecule has 1 rings (SSSR count). The van der Waals surface area contributed by atoms with Crippen molar-refractivity contribution >= 4 is 12.4 Å². The molecule has 4 heteroatoms. The maximum Gasteiger partial charge on any atom is 0.236 e. The van der Waals surface area contributed by atoms with E-state index in [1.807, 2.05) is 0 Å². The van der Waals surface area contributed by atoms with Crippen LogP contribution >= 0.6 is 0 Å². The first-order valence-corrected chi connectivity index (χ1v) is 2.75. The van der Waals surface area contributed by atoms with E-state index in [9.17, 15) is 4.79 Å². The van der Waals surface area contributed by atoms with E-state index in [0.717, 1.165) is 0 Å². The van der Waals surface area contributed by atoms with Gasteiger partial charge in [0.05, 0.1) is 0 Å². The van der Waals surface area contributed by atoms with E-state index in [4.69, 9.17) is 5.73 Å². The van der Waals surface area contributed by atoms with Gasteiger partial charge in [0.1, 0.15) is 0 Å². The zero-order valence-electron chi connectivity index (χ0n) is 5.27. The van der Waals surface area contributed by atoms with E-state index in [-0.39, 0.29) is 5.96 Å². The molecule has 0 aliphatic rings. The van der Waals surface area contributed by atoms with Gasteiger partial charge in [-0.15, -0.1) is 0 Å². The van der Waals surface area contributed by atoms with Gasteiger partial charge in [0, 0.05) is 12.4 Å². The molecule has 2 N–H and O–H groups in total. The first-order chi connectivity index (χ1) is 4.84. The van der Waals surface area contributed by atoms with Crippen LogP contribution in [0, 0.1) is 0 Å². The summed E-state index contributed by atoms with van der Waals surface area (Å²) >= 11 is 0. The minimum atomic E-state index is 0.181. The lowest BCUT2D eigenvalue weighted by molar-refractivity contribution is -0.106. The van der Waals surface area contributed by atoms with Crippen molar-refractivity contribution in [3.8, 4) is 0 Å². The molecule has 0 saturated carbocycles. The molecule has 1 heterocycles. The number of aliphatic imine (C=N–C) groups is 1. The Morgan fingerprint density at radius 2 is 2.10 bits per heavy atom. The Hall–Kier alpha value is -1.58. The van der Waals surface area contributed by atoms with Crippen molar-refractivity contribution in [3.63, 3.8) is 0 Å². The summed E-state index contributed by atoms with van der Waals surface area (Å²) in [5.74, 6) is 0.181. The average Bonchev–Trinajstić information content (AvgIpc) is 2.38. The number of hydrogen-bond donors (Lipinski definition) is 1. The van der Waals surface area contributed by atoms with Crippen molar-refractivity contribution < 1.29 is 4.79 Å². The van der Waals surface area contributed by atoms with Crippen LogP contribution in [0.2, 0.25) is 0 Å². The minimum Gasteiger partial charge on any atom is -0.369 e. The van der Waals surface area contributed by atoms with Gasteiger partial charge in [-0.05, 0) is 12.1 Å². The summed E-state index contributed by atoms with van der Waals surface area (Å²) in [5, 5.41) is 0. The van der Waals surface area contributed by atoms with Crippen LogP contribution in [0.25, 0.3) is 0 Å². The maximum absolute atomic E-state index is 9.83. The van der Waals surface area contributed by atoms with Crippen molar-refractivity contribution in [1.29, 1.82) is 0 Å². The van der Waals surface area contributed by atoms with Gasteiger partial charge in [-0.25, -0.2) is 0 Å². The summed E-state index contributed by atoms with van der Waals surface area (Å²) < 4.78 is 1.55. The van der Waals surface area contributed by atoms with Crippen molar-refractivity contribution in [2.24, 2.45) is 10.7 Å². The highest BCUT2D eigenvalue weighted by Gasteiger charge is 1.89. The summed E-state index contributed by atoms with van der Waals surface area (Å²) in [4.78, 5) is 13.2. The van der Waals surface area contributed by atoms with Gasteiger partial charge in [0.25, 0.3) is 0 Å². The summed E-state index contributed by atoms with van der Waals surface area (Å²) in [6, 6.07) is 3.60. The highest BCUT2D eigenvalue weighted by atomic mass is 16.1. The summed E-state index contributed by atoms with van der Waals surface area (Å²) in [7, 11) is 0. The third-order valence-electron chi connectivity index (χ3n) is 1.05. The molecular weight excluding hydrogens is 130 g/mol. The Morgan fingerprint density at radius 1 is 1.50 bits per heavy atom. The number of nitrogens with two attached hydrogens (primary N) is 1. The van der Waals surface area contributed by atoms with Crippen molar-refractivity contribution in [3.05, 3.63) is 24.5 Å². The smallest absolute Gasteiger partial charge is 0.236 e. The fourth-order valence-corrected chi connectivity index (χ4v) is 0.608. The van der Waals surface area contributed by atoms with Gasteiger partial charge in [0.15, 0.2) is 0 Å². The lowest BCUT2D eigenvalue weighted by atomic mass is 10.7. The topological polar surface area (TPSA) is 60.4 Å². The molecule has 0 radical (unpaired) electrons. The summed E-state index contributed by atoms with van der Waals surface area (Å²) in [6.07, 6.45) is 3.83. The second-order valence-electron chi connectivity index (χ2n) is 1.68. The predicted octanol–water partition coefficient (Wildman–Crippen LogP) is -0.193. The monoisotopic (exact) mass is 137 g/mol. The molecule has 0 fully saturated rings. The standard InChI is InChI=1S/C6H7N3O/c7-6(8-5-10)9-3-1-2-4-9/h1-5H,(H2,7,8,10). The third-order valence-corrected chi connectivity index (χ3v) is 1.05. The SMILES string of the molecule is NC(=NC=O)n1cccc1. The zero-order valence-corrected chi connectivity index (χ0v) is 5.27. The number of carbonyl (C=O) groups is 1. The molecule has 0 atom stereocenters. The van der Waals surface area contributed by atoms with Crippen molar-refractivity contribution in [2.45, 2.75) is 0 Å². The minimum absolute atomic E-state index is 0.181. The molecule has 0 aliphatic carbocycles. The summed E-state index contributed by atoms with van der Waals surface area (Å²) in [6.45, 7) is 0. The summed E-state index contributed by atoms with van der Waals surface area (Å²) in [5.41, 5.74) is 5.33. The molecule has 52 valence electrons. The lowest BCUT2D eigenvalue weighted by Gasteiger charge is -1.95. The molecule has 0 saturated heterocycles. The van der Waals surface area contributed by atoms with Crippen molar-refractivity contribution in [2.75, 3.05) is 0 Å². The first kappa shape index (κ1) is 6.54. The number of amides is 1. The fraction of sp³-hybridized carbons (Fsp3) is 0. The van der Waals surface area contributed by atoms with Crippen LogP contribution in [0.3, 0.4) is 0 Å². The van der Waals surface area contributed by atoms with Crippen LogP contribution in [-0.2, 0) is 4.79 Å². The van der Waals surface area contributed by atoms with E-state index in [1.54, 1.807) is 29.1 Å². The Balaban J connectivity index is 2.86.